The summed E-state index contributed by atoms with van der Waals surface area (Å²) in [5.74, 6) is 5.92. The number of nitrogens with one attached hydrogen (secondary N) is 1. The Morgan fingerprint density at radius 3 is 2.71 bits per heavy atom. The number of hydrazine groups is 1. The molecule has 0 unspecified atom stereocenters. The molecule has 6 heteroatoms. The molecule has 0 amide bonds. The van der Waals surface area contributed by atoms with E-state index in [0.717, 1.165) is 0 Å². The Morgan fingerprint density at radius 2 is 2.12 bits per heavy atom. The number of benzene rings is 1. The lowest BCUT2D eigenvalue weighted by Gasteiger charge is -2.09. The highest BCUT2D eigenvalue weighted by Crippen LogP contribution is 2.29. The molecule has 0 saturated carbocycles. The molecule has 0 spiro atoms. The first-order valence-corrected chi connectivity index (χ1v) is 4.89. The van der Waals surface area contributed by atoms with Crippen molar-refractivity contribution >= 4 is 16.6 Å². The minimum Gasteiger partial charge on any atom is -0.497 e. The average Bonchev–Trinajstić information content (AvgIpc) is 2.36. The number of ether oxygens (including phenoxy) is 1. The van der Waals surface area contributed by atoms with Crippen molar-refractivity contribution in [2.45, 2.75) is 6.43 Å². The van der Waals surface area contributed by atoms with Crippen molar-refractivity contribution in [1.29, 1.82) is 0 Å². The number of nitrogen functional groups attached to an aromatic ring is 1. The number of nitrogens with two attached hydrogens (primary N) is 1. The molecule has 0 aliphatic carbocycles. The van der Waals surface area contributed by atoms with Gasteiger partial charge in [-0.2, -0.15) is 0 Å². The number of hydrogen-bond acceptors (Lipinski definition) is 4. The number of methoxy groups -OCH3 is 1. The Labute approximate surface area is 96.4 Å². The fourth-order valence-corrected chi connectivity index (χ4v) is 1.58. The molecule has 1 aromatic heterocycles. The van der Waals surface area contributed by atoms with Crippen LogP contribution in [0, 0.1) is 0 Å². The summed E-state index contributed by atoms with van der Waals surface area (Å²) in [7, 11) is 1.53. The molecule has 0 aliphatic heterocycles. The van der Waals surface area contributed by atoms with Gasteiger partial charge in [0.2, 0.25) is 0 Å². The summed E-state index contributed by atoms with van der Waals surface area (Å²) in [6.07, 6.45) is -2.63. The standard InChI is InChI=1S/C11H11F2N3O/c1-17-6-2-3-8-7(4-6)9(16-14)5-10(15-8)11(12)13/h2-5,11H,14H2,1H3,(H,15,16). The van der Waals surface area contributed by atoms with Crippen molar-refractivity contribution in [2.75, 3.05) is 12.5 Å². The van der Waals surface area contributed by atoms with Crippen LogP contribution in [0.3, 0.4) is 0 Å². The third-order valence-corrected chi connectivity index (χ3v) is 2.41. The monoisotopic (exact) mass is 239 g/mol. The van der Waals surface area contributed by atoms with Crippen LogP contribution >= 0.6 is 0 Å². The van der Waals surface area contributed by atoms with Crippen LogP contribution in [-0.4, -0.2) is 12.1 Å². The zero-order valence-electron chi connectivity index (χ0n) is 9.08. The zero-order chi connectivity index (χ0) is 12.4. The van der Waals surface area contributed by atoms with Crippen LogP contribution in [0.5, 0.6) is 5.75 Å². The summed E-state index contributed by atoms with van der Waals surface area (Å²) in [4.78, 5) is 3.86. The summed E-state index contributed by atoms with van der Waals surface area (Å²) >= 11 is 0. The van der Waals surface area contributed by atoms with Gasteiger partial charge in [-0.15, -0.1) is 0 Å². The van der Waals surface area contributed by atoms with Gasteiger partial charge in [0.1, 0.15) is 11.4 Å². The quantitative estimate of drug-likeness (QED) is 0.638. The Bertz CT molecular complexity index is 545. The summed E-state index contributed by atoms with van der Waals surface area (Å²) in [6, 6.07) is 6.19. The molecule has 3 N–H and O–H groups in total. The molecular formula is C11H11F2N3O. The number of aromatic nitrogens is 1. The summed E-state index contributed by atoms with van der Waals surface area (Å²) in [5.41, 5.74) is 2.91. The average molecular weight is 239 g/mol. The normalized spacial score (nSPS) is 10.9. The van der Waals surface area contributed by atoms with E-state index in [2.05, 4.69) is 10.4 Å². The van der Waals surface area contributed by atoms with Crippen LogP contribution in [-0.2, 0) is 0 Å². The summed E-state index contributed by atoms with van der Waals surface area (Å²) < 4.78 is 30.3. The van der Waals surface area contributed by atoms with E-state index in [0.29, 0.717) is 22.3 Å². The second-order valence-corrected chi connectivity index (χ2v) is 3.42. The number of alkyl halides is 2. The maximum absolute atomic E-state index is 12.6. The lowest BCUT2D eigenvalue weighted by molar-refractivity contribution is 0.146. The van der Waals surface area contributed by atoms with Crippen LogP contribution in [0.2, 0.25) is 0 Å². The minimum atomic E-state index is -2.63. The molecule has 2 rings (SSSR count). The first kappa shape index (κ1) is 11.5. The largest absolute Gasteiger partial charge is 0.497 e. The van der Waals surface area contributed by atoms with Crippen molar-refractivity contribution in [2.24, 2.45) is 5.84 Å². The van der Waals surface area contributed by atoms with Crippen molar-refractivity contribution in [3.05, 3.63) is 30.0 Å². The molecule has 0 aliphatic rings. The molecule has 4 nitrogen and oxygen atoms in total. The van der Waals surface area contributed by atoms with E-state index >= 15 is 0 Å². The van der Waals surface area contributed by atoms with Crippen LogP contribution < -0.4 is 16.0 Å². The maximum atomic E-state index is 12.6. The van der Waals surface area contributed by atoms with Gasteiger partial charge in [0, 0.05) is 5.39 Å². The highest BCUT2D eigenvalue weighted by molar-refractivity contribution is 5.92. The smallest absolute Gasteiger partial charge is 0.280 e. The minimum absolute atomic E-state index is 0.310. The number of pyridine rings is 1. The second kappa shape index (κ2) is 4.50. The van der Waals surface area contributed by atoms with Crippen LogP contribution in [0.15, 0.2) is 24.3 Å². The zero-order valence-corrected chi connectivity index (χ0v) is 9.08. The Balaban J connectivity index is 2.68. The predicted octanol–water partition coefficient (Wildman–Crippen LogP) is 2.47. The molecule has 0 radical (unpaired) electrons. The topological polar surface area (TPSA) is 60.2 Å². The van der Waals surface area contributed by atoms with Crippen molar-refractivity contribution in [3.63, 3.8) is 0 Å². The molecule has 0 fully saturated rings. The van der Waals surface area contributed by atoms with Gasteiger partial charge in [0.15, 0.2) is 0 Å². The highest BCUT2D eigenvalue weighted by atomic mass is 19.3. The van der Waals surface area contributed by atoms with Crippen molar-refractivity contribution in [3.8, 4) is 5.75 Å². The molecule has 1 heterocycles. The van der Waals surface area contributed by atoms with Crippen molar-refractivity contribution < 1.29 is 13.5 Å². The van der Waals surface area contributed by atoms with E-state index in [1.54, 1.807) is 18.2 Å². The molecule has 0 bridgehead atoms. The second-order valence-electron chi connectivity index (χ2n) is 3.42. The van der Waals surface area contributed by atoms with Gasteiger partial charge in [-0.3, -0.25) is 5.84 Å². The van der Waals surface area contributed by atoms with E-state index in [1.807, 2.05) is 0 Å². The maximum Gasteiger partial charge on any atom is 0.280 e. The number of nitrogens with zero attached hydrogens (tertiary/aromatic N) is 1. The van der Waals surface area contributed by atoms with E-state index in [4.69, 9.17) is 10.6 Å². The summed E-state index contributed by atoms with van der Waals surface area (Å²) in [6.45, 7) is 0. The van der Waals surface area contributed by atoms with Gasteiger partial charge in [-0.05, 0) is 24.3 Å². The van der Waals surface area contributed by atoms with E-state index in [9.17, 15) is 8.78 Å². The van der Waals surface area contributed by atoms with E-state index < -0.39 is 6.43 Å². The Hall–Kier alpha value is -1.95. The number of anilines is 1. The fraction of sp³-hybridized carbons (Fsp3) is 0.182. The molecule has 0 saturated heterocycles. The lowest BCUT2D eigenvalue weighted by Crippen LogP contribution is -2.08. The van der Waals surface area contributed by atoms with E-state index in [1.165, 1.54) is 13.2 Å². The fourth-order valence-electron chi connectivity index (χ4n) is 1.58. The van der Waals surface area contributed by atoms with Gasteiger partial charge in [0.05, 0.1) is 18.3 Å². The molecule has 2 aromatic rings. The summed E-state index contributed by atoms with van der Waals surface area (Å²) in [5, 5.41) is 0.635. The van der Waals surface area contributed by atoms with Crippen LogP contribution in [0.25, 0.3) is 10.9 Å². The van der Waals surface area contributed by atoms with E-state index in [-0.39, 0.29) is 5.69 Å². The highest BCUT2D eigenvalue weighted by Gasteiger charge is 2.13. The Morgan fingerprint density at radius 1 is 1.35 bits per heavy atom. The van der Waals surface area contributed by atoms with Gasteiger partial charge >= 0.3 is 0 Å². The lowest BCUT2D eigenvalue weighted by atomic mass is 10.1. The first-order valence-electron chi connectivity index (χ1n) is 4.89. The molecule has 90 valence electrons. The van der Waals surface area contributed by atoms with Crippen molar-refractivity contribution in [1.82, 2.24) is 4.98 Å². The SMILES string of the molecule is COc1ccc2nc(C(F)F)cc(NN)c2c1. The molecule has 0 atom stereocenters. The number of fused-ring (bicyclic) bond motifs is 1. The number of rotatable bonds is 3. The van der Waals surface area contributed by atoms with Gasteiger partial charge in [-0.1, -0.05) is 0 Å². The Kier molecular flexibility index (Phi) is 3.06. The van der Waals surface area contributed by atoms with Gasteiger partial charge < -0.3 is 10.2 Å². The van der Waals surface area contributed by atoms with Gasteiger partial charge in [0.25, 0.3) is 6.43 Å². The van der Waals surface area contributed by atoms with Crippen LogP contribution in [0.1, 0.15) is 12.1 Å². The molecular weight excluding hydrogens is 228 g/mol. The third kappa shape index (κ3) is 2.12. The van der Waals surface area contributed by atoms with Crippen LogP contribution in [0.4, 0.5) is 14.5 Å². The number of halogens is 2. The third-order valence-electron chi connectivity index (χ3n) is 2.41. The first-order chi connectivity index (χ1) is 8.15. The predicted molar refractivity (Wildman–Crippen MR) is 61.1 cm³/mol. The number of hydrogen-bond donors (Lipinski definition) is 2. The van der Waals surface area contributed by atoms with Gasteiger partial charge in [-0.25, -0.2) is 13.8 Å². The molecule has 17 heavy (non-hydrogen) atoms. The molecule has 1 aromatic carbocycles.